The van der Waals surface area contributed by atoms with Gasteiger partial charge in [0.15, 0.2) is 11.6 Å². The van der Waals surface area contributed by atoms with Gasteiger partial charge in [0, 0.05) is 33.3 Å². The Morgan fingerprint density at radius 2 is 1.77 bits per heavy atom. The van der Waals surface area contributed by atoms with Gasteiger partial charge in [-0.05, 0) is 57.3 Å². The second-order valence-corrected chi connectivity index (χ2v) is 9.19. The van der Waals surface area contributed by atoms with E-state index in [2.05, 4.69) is 33.9 Å². The molecule has 3 heterocycles. The lowest BCUT2D eigenvalue weighted by molar-refractivity contribution is 0.0805. The maximum absolute atomic E-state index is 13.0. The number of aromatic nitrogens is 1. The molecule has 156 valence electrons. The first-order valence-electron chi connectivity index (χ1n) is 10.6. The lowest BCUT2D eigenvalue weighted by atomic mass is 9.89. The molecule has 0 bridgehead atoms. The van der Waals surface area contributed by atoms with E-state index in [0.717, 1.165) is 55.0 Å². The Labute approximate surface area is 182 Å². The summed E-state index contributed by atoms with van der Waals surface area (Å²) in [6, 6.07) is 15.8. The Morgan fingerprint density at radius 3 is 2.43 bits per heavy atom. The highest BCUT2D eigenvalue weighted by molar-refractivity contribution is 7.09. The summed E-state index contributed by atoms with van der Waals surface area (Å²) in [7, 11) is 0. The highest BCUT2D eigenvalue weighted by Gasteiger charge is 2.27. The van der Waals surface area contributed by atoms with Gasteiger partial charge < -0.3 is 4.57 Å². The van der Waals surface area contributed by atoms with Crippen molar-refractivity contribution in [1.29, 1.82) is 0 Å². The average molecular weight is 421 g/mol. The van der Waals surface area contributed by atoms with Gasteiger partial charge in [-0.15, -0.1) is 11.3 Å². The largest absolute Gasteiger partial charge is 0.343 e. The molecule has 0 aliphatic carbocycles. The van der Waals surface area contributed by atoms with E-state index in [4.69, 9.17) is 0 Å². The summed E-state index contributed by atoms with van der Waals surface area (Å²) in [6.45, 7) is 6.94. The first-order chi connectivity index (χ1) is 14.5. The third-order valence-corrected chi connectivity index (χ3v) is 7.01. The van der Waals surface area contributed by atoms with Crippen LogP contribution < -0.4 is 0 Å². The minimum atomic E-state index is 0.0645. The zero-order valence-corrected chi connectivity index (χ0v) is 18.5. The Morgan fingerprint density at radius 1 is 1.03 bits per heavy atom. The van der Waals surface area contributed by atoms with Crippen LogP contribution in [0.3, 0.4) is 0 Å². The van der Waals surface area contributed by atoms with Crippen molar-refractivity contribution in [3.05, 3.63) is 81.3 Å². The van der Waals surface area contributed by atoms with Crippen molar-refractivity contribution in [2.24, 2.45) is 5.92 Å². The maximum atomic E-state index is 13.0. The van der Waals surface area contributed by atoms with Crippen LogP contribution in [0, 0.1) is 19.8 Å². The second-order valence-electron chi connectivity index (χ2n) is 8.15. The summed E-state index contributed by atoms with van der Waals surface area (Å²) in [5.41, 5.74) is 3.79. The van der Waals surface area contributed by atoms with E-state index in [1.807, 2.05) is 43.3 Å². The summed E-state index contributed by atoms with van der Waals surface area (Å²) in [5.74, 6) is 0.474. The quantitative estimate of drug-likeness (QED) is 0.506. The number of nitrogens with zero attached hydrogens (tertiary/aromatic N) is 2. The van der Waals surface area contributed by atoms with Crippen molar-refractivity contribution >= 4 is 22.9 Å². The number of piperidine rings is 1. The second kappa shape index (κ2) is 9.11. The topological polar surface area (TPSA) is 42.3 Å². The van der Waals surface area contributed by atoms with Gasteiger partial charge >= 0.3 is 0 Å². The van der Waals surface area contributed by atoms with Crippen LogP contribution >= 0.6 is 11.3 Å². The summed E-state index contributed by atoms with van der Waals surface area (Å²) < 4.78 is 2.23. The number of rotatable bonds is 7. The monoisotopic (exact) mass is 420 g/mol. The fraction of sp³-hybridized carbons (Fsp3) is 0.360. The molecule has 4 nitrogen and oxygen atoms in total. The van der Waals surface area contributed by atoms with Crippen LogP contribution in [0.15, 0.2) is 53.9 Å². The van der Waals surface area contributed by atoms with Crippen molar-refractivity contribution in [2.45, 2.75) is 33.2 Å². The van der Waals surface area contributed by atoms with E-state index >= 15 is 0 Å². The third kappa shape index (κ3) is 4.47. The smallest absolute Gasteiger partial charge is 0.178 e. The number of carbonyl (C=O) groups excluding carboxylic acids is 2. The molecule has 0 saturated carbocycles. The predicted molar refractivity (Wildman–Crippen MR) is 122 cm³/mol. The fourth-order valence-corrected chi connectivity index (χ4v) is 5.06. The van der Waals surface area contributed by atoms with Crippen LogP contribution in [-0.4, -0.2) is 40.7 Å². The molecule has 1 aliphatic heterocycles. The Hall–Kier alpha value is -2.50. The normalized spacial score (nSPS) is 15.4. The van der Waals surface area contributed by atoms with Crippen molar-refractivity contribution in [2.75, 3.05) is 19.6 Å². The van der Waals surface area contributed by atoms with Gasteiger partial charge in [0.05, 0.1) is 13.1 Å². The molecule has 30 heavy (non-hydrogen) atoms. The molecule has 2 aromatic heterocycles. The Kier molecular flexibility index (Phi) is 6.30. The first kappa shape index (κ1) is 20.8. The highest BCUT2D eigenvalue weighted by Crippen LogP contribution is 2.23. The van der Waals surface area contributed by atoms with Crippen molar-refractivity contribution < 1.29 is 9.59 Å². The maximum Gasteiger partial charge on any atom is 0.178 e. The molecule has 5 heteroatoms. The number of thiophene rings is 1. The van der Waals surface area contributed by atoms with Gasteiger partial charge in [0.25, 0.3) is 0 Å². The number of hydrogen-bond acceptors (Lipinski definition) is 4. The summed E-state index contributed by atoms with van der Waals surface area (Å²) in [6.07, 6.45) is 1.64. The van der Waals surface area contributed by atoms with Gasteiger partial charge in [-0.1, -0.05) is 36.4 Å². The number of carbonyl (C=O) groups is 2. The van der Waals surface area contributed by atoms with E-state index in [-0.39, 0.29) is 17.5 Å². The van der Waals surface area contributed by atoms with Crippen LogP contribution in [0.25, 0.3) is 0 Å². The van der Waals surface area contributed by atoms with Gasteiger partial charge in [0.1, 0.15) is 0 Å². The molecule has 0 unspecified atom stereocenters. The van der Waals surface area contributed by atoms with E-state index in [9.17, 15) is 9.59 Å². The van der Waals surface area contributed by atoms with Crippen LogP contribution in [0.5, 0.6) is 0 Å². The van der Waals surface area contributed by atoms with E-state index in [1.165, 1.54) is 4.88 Å². The predicted octanol–water partition coefficient (Wildman–Crippen LogP) is 4.99. The van der Waals surface area contributed by atoms with E-state index < -0.39 is 0 Å². The van der Waals surface area contributed by atoms with Crippen molar-refractivity contribution in [3.63, 3.8) is 0 Å². The summed E-state index contributed by atoms with van der Waals surface area (Å²) in [5, 5.41) is 2.09. The fourth-order valence-electron chi connectivity index (χ4n) is 4.36. The molecule has 0 radical (unpaired) electrons. The number of ketones is 2. The molecule has 3 aromatic rings. The lowest BCUT2D eigenvalue weighted by Crippen LogP contribution is -2.39. The molecule has 0 N–H and O–H groups in total. The van der Waals surface area contributed by atoms with Crippen LogP contribution in [0.4, 0.5) is 0 Å². The highest BCUT2D eigenvalue weighted by atomic mass is 32.1. The molecule has 1 aromatic carbocycles. The van der Waals surface area contributed by atoms with Gasteiger partial charge in [-0.3, -0.25) is 14.5 Å². The Bertz CT molecular complexity index is 1010. The van der Waals surface area contributed by atoms with E-state index in [0.29, 0.717) is 6.54 Å². The standard InChI is InChI=1S/C25H28N2O2S/c1-18-15-23(19(2)27(18)16-22-9-6-14-30-22)24(28)17-26-12-10-21(11-13-26)25(29)20-7-4-3-5-8-20/h3-9,14-15,21H,10-13,16-17H2,1-2H3. The minimum absolute atomic E-state index is 0.0645. The van der Waals surface area contributed by atoms with Gasteiger partial charge in [0.2, 0.25) is 0 Å². The molecule has 1 fully saturated rings. The molecule has 1 aliphatic rings. The number of Topliss-reactive ketones (excluding diaryl/α,β-unsaturated/α-hetero) is 2. The number of aryl methyl sites for hydroxylation is 1. The number of benzene rings is 1. The number of likely N-dealkylation sites (tertiary alicyclic amines) is 1. The van der Waals surface area contributed by atoms with E-state index in [1.54, 1.807) is 11.3 Å². The summed E-state index contributed by atoms with van der Waals surface area (Å²) in [4.78, 5) is 29.2. The van der Waals surface area contributed by atoms with Gasteiger partial charge in [-0.2, -0.15) is 0 Å². The zero-order valence-electron chi connectivity index (χ0n) is 17.6. The molecule has 1 saturated heterocycles. The first-order valence-corrected chi connectivity index (χ1v) is 11.4. The van der Waals surface area contributed by atoms with Crippen LogP contribution in [-0.2, 0) is 6.54 Å². The van der Waals surface area contributed by atoms with Gasteiger partial charge in [-0.25, -0.2) is 0 Å². The number of hydrogen-bond donors (Lipinski definition) is 0. The molecule has 4 rings (SSSR count). The van der Waals surface area contributed by atoms with Crippen LogP contribution in [0.2, 0.25) is 0 Å². The molecular formula is C25H28N2O2S. The average Bonchev–Trinajstić information content (AvgIpc) is 3.38. The van der Waals surface area contributed by atoms with Crippen LogP contribution in [0.1, 0.15) is 49.8 Å². The molecule has 0 atom stereocenters. The molecule has 0 spiro atoms. The van der Waals surface area contributed by atoms with Crippen molar-refractivity contribution in [3.8, 4) is 0 Å². The summed E-state index contributed by atoms with van der Waals surface area (Å²) >= 11 is 1.74. The molecular weight excluding hydrogens is 392 g/mol. The lowest BCUT2D eigenvalue weighted by Gasteiger charge is -2.30. The third-order valence-electron chi connectivity index (χ3n) is 6.15. The van der Waals surface area contributed by atoms with Crippen molar-refractivity contribution in [1.82, 2.24) is 9.47 Å². The zero-order chi connectivity index (χ0) is 21.1. The molecule has 0 amide bonds. The SMILES string of the molecule is Cc1cc(C(=O)CN2CCC(C(=O)c3ccccc3)CC2)c(C)n1Cc1cccs1. The Balaban J connectivity index is 1.36. The minimum Gasteiger partial charge on any atom is -0.343 e.